The Balaban J connectivity index is 1.22. The van der Waals surface area contributed by atoms with Crippen LogP contribution in [0.1, 0.15) is 37.2 Å². The van der Waals surface area contributed by atoms with Crippen molar-refractivity contribution < 1.29 is 23.8 Å². The van der Waals surface area contributed by atoms with E-state index in [1.54, 1.807) is 30.1 Å². The zero-order valence-electron chi connectivity index (χ0n) is 23.9. The molecule has 2 aliphatic rings. The molecule has 0 saturated carbocycles. The second-order valence-corrected chi connectivity index (χ2v) is 11.9. The fourth-order valence-corrected chi connectivity index (χ4v) is 6.52. The third-order valence-corrected chi connectivity index (χ3v) is 9.03. The van der Waals surface area contributed by atoms with Crippen LogP contribution < -0.4 is 4.74 Å². The average molecular weight is 631 g/mol. The van der Waals surface area contributed by atoms with Crippen LogP contribution in [0.2, 0.25) is 10.0 Å². The van der Waals surface area contributed by atoms with Crippen molar-refractivity contribution in [1.29, 1.82) is 0 Å². The van der Waals surface area contributed by atoms with Gasteiger partial charge in [-0.2, -0.15) is 5.10 Å². The molecule has 0 aliphatic carbocycles. The maximum atomic E-state index is 14.2. The normalized spacial score (nSPS) is 18.2. The molecular weight excluding hydrogens is 596 g/mol. The van der Waals surface area contributed by atoms with Crippen molar-refractivity contribution in [3.63, 3.8) is 0 Å². The summed E-state index contributed by atoms with van der Waals surface area (Å²) < 4.78 is 28.7. The first-order valence-corrected chi connectivity index (χ1v) is 15.4. The zero-order valence-corrected chi connectivity index (χ0v) is 25.4. The third kappa shape index (κ3) is 6.11. The van der Waals surface area contributed by atoms with Crippen molar-refractivity contribution in [2.24, 2.45) is 5.92 Å². The van der Waals surface area contributed by atoms with Crippen molar-refractivity contribution in [1.82, 2.24) is 24.2 Å². The van der Waals surface area contributed by atoms with Gasteiger partial charge in [0.1, 0.15) is 24.0 Å². The van der Waals surface area contributed by atoms with E-state index in [1.165, 1.54) is 4.68 Å². The predicted molar refractivity (Wildman–Crippen MR) is 163 cm³/mol. The summed E-state index contributed by atoms with van der Waals surface area (Å²) in [5.74, 6) is 0.624. The lowest BCUT2D eigenvalue weighted by Gasteiger charge is -2.30. The minimum Gasteiger partial charge on any atom is -0.492 e. The maximum Gasteiger partial charge on any atom is 0.337 e. The van der Waals surface area contributed by atoms with E-state index in [0.29, 0.717) is 50.4 Å². The number of fused-ring (bicyclic) bond motifs is 2. The average Bonchev–Trinajstić information content (AvgIpc) is 3.72. The molecule has 1 N–H and O–H groups in total. The lowest BCUT2D eigenvalue weighted by molar-refractivity contribution is -0.146. The molecule has 0 spiro atoms. The van der Waals surface area contributed by atoms with Crippen molar-refractivity contribution >= 4 is 40.1 Å². The Kier molecular flexibility index (Phi) is 8.90. The summed E-state index contributed by atoms with van der Waals surface area (Å²) in [6.07, 6.45) is 4.38. The number of benzene rings is 2. The van der Waals surface area contributed by atoms with Gasteiger partial charge in [-0.3, -0.25) is 9.58 Å². The van der Waals surface area contributed by atoms with Gasteiger partial charge in [0.05, 0.1) is 35.2 Å². The molecule has 0 bridgehead atoms. The number of hydrogen-bond donors (Lipinski definition) is 1. The topological polar surface area (TPSA) is 94.6 Å². The maximum absolute atomic E-state index is 14.2. The van der Waals surface area contributed by atoms with E-state index in [1.807, 2.05) is 24.3 Å². The number of nitrogens with zero attached hydrogens (tertiary/aromatic N) is 5. The number of alkyl halides is 1. The number of hydrogen-bond acceptors (Lipinski definition) is 7. The molecule has 4 heterocycles. The molecule has 9 nitrogen and oxygen atoms in total. The van der Waals surface area contributed by atoms with Gasteiger partial charge in [0, 0.05) is 42.4 Å². The van der Waals surface area contributed by atoms with E-state index >= 15 is 0 Å². The number of likely N-dealkylation sites (tertiary alicyclic amines) is 1. The molecular formula is C31H34Cl2FN5O4. The summed E-state index contributed by atoms with van der Waals surface area (Å²) >= 11 is 13.6. The van der Waals surface area contributed by atoms with Gasteiger partial charge < -0.3 is 19.1 Å². The first-order chi connectivity index (χ1) is 20.9. The van der Waals surface area contributed by atoms with Crippen LogP contribution in [0.15, 0.2) is 42.9 Å². The van der Waals surface area contributed by atoms with Crippen LogP contribution in [-0.2, 0) is 22.5 Å². The number of imidazole rings is 1. The summed E-state index contributed by atoms with van der Waals surface area (Å²) in [5.41, 5.74) is 3.02. The van der Waals surface area contributed by atoms with Crippen LogP contribution in [0.25, 0.3) is 22.0 Å². The Labute approximate surface area is 259 Å². The van der Waals surface area contributed by atoms with Gasteiger partial charge in [0.25, 0.3) is 0 Å². The highest BCUT2D eigenvalue weighted by molar-refractivity contribution is 6.42. The molecule has 6 rings (SSSR count). The second-order valence-electron chi connectivity index (χ2n) is 11.1. The molecule has 12 heteroatoms. The molecule has 43 heavy (non-hydrogen) atoms. The summed E-state index contributed by atoms with van der Waals surface area (Å²) in [6, 6.07) is 8.41. The van der Waals surface area contributed by atoms with Crippen molar-refractivity contribution in [2.45, 2.75) is 44.9 Å². The highest BCUT2D eigenvalue weighted by Gasteiger charge is 2.35. The van der Waals surface area contributed by atoms with Gasteiger partial charge in [-0.1, -0.05) is 35.3 Å². The Morgan fingerprint density at radius 3 is 2.70 bits per heavy atom. The molecule has 0 amide bonds. The van der Waals surface area contributed by atoms with Crippen LogP contribution in [0.4, 0.5) is 4.39 Å². The van der Waals surface area contributed by atoms with E-state index in [2.05, 4.69) is 15.0 Å². The van der Waals surface area contributed by atoms with Gasteiger partial charge >= 0.3 is 5.97 Å². The number of ether oxygens (including phenoxy) is 2. The number of piperidine rings is 1. The quantitative estimate of drug-likeness (QED) is 0.237. The number of rotatable bonds is 10. The van der Waals surface area contributed by atoms with Gasteiger partial charge in [-0.15, -0.1) is 0 Å². The highest BCUT2D eigenvalue weighted by atomic mass is 35.5. The summed E-state index contributed by atoms with van der Waals surface area (Å²) in [4.78, 5) is 20.0. The molecule has 2 atom stereocenters. The summed E-state index contributed by atoms with van der Waals surface area (Å²) in [7, 11) is 0. The monoisotopic (exact) mass is 629 g/mol. The highest BCUT2D eigenvalue weighted by Crippen LogP contribution is 2.40. The van der Waals surface area contributed by atoms with Crippen LogP contribution in [-0.4, -0.2) is 80.9 Å². The number of aliphatic hydroxyl groups is 1. The number of carbonyl (C=O) groups is 1. The van der Waals surface area contributed by atoms with Crippen LogP contribution in [0.5, 0.6) is 5.75 Å². The van der Waals surface area contributed by atoms with E-state index in [9.17, 15) is 14.3 Å². The molecule has 0 radical (unpaired) electrons. The Hall–Kier alpha value is -3.18. The molecule has 2 aliphatic heterocycles. The fraction of sp³-hybridized carbons (Fsp3) is 0.452. The van der Waals surface area contributed by atoms with E-state index < -0.39 is 18.2 Å². The van der Waals surface area contributed by atoms with E-state index in [0.717, 1.165) is 43.8 Å². The minimum absolute atomic E-state index is 0.167. The number of halogens is 3. The summed E-state index contributed by atoms with van der Waals surface area (Å²) in [6.45, 7) is 5.74. The lowest BCUT2D eigenvalue weighted by atomic mass is 9.98. The number of carbonyl (C=O) groups excluding carboxylic acids is 1. The third-order valence-electron chi connectivity index (χ3n) is 8.33. The molecule has 2 aromatic carbocycles. The van der Waals surface area contributed by atoms with Crippen LogP contribution in [0, 0.1) is 5.92 Å². The van der Waals surface area contributed by atoms with E-state index in [4.69, 9.17) is 32.7 Å². The lowest BCUT2D eigenvalue weighted by Crippen LogP contribution is -2.37. The summed E-state index contributed by atoms with van der Waals surface area (Å²) in [5, 5.41) is 15.4. The molecule has 1 saturated heterocycles. The van der Waals surface area contributed by atoms with E-state index in [-0.39, 0.29) is 26.2 Å². The molecule has 1 fully saturated rings. The van der Waals surface area contributed by atoms with Gasteiger partial charge in [0.2, 0.25) is 0 Å². The smallest absolute Gasteiger partial charge is 0.337 e. The number of aliphatic hydroxyl groups excluding tert-OH is 1. The minimum atomic E-state index is -1.03. The Morgan fingerprint density at radius 1 is 1.21 bits per heavy atom. The largest absolute Gasteiger partial charge is 0.492 e. The molecule has 4 aromatic rings. The standard InChI is InChI=1S/C31H34Cl2FN5O4/c1-2-42-31(41)30(29-26-13-21(34)15-38(26)18-35-29)39-16-24-25(32)14-23(27(33)28(24)36-39)20-3-5-22(6-4-20)43-12-11-37-9-7-19(17-40)8-10-37/h3-6,14,16,18-19,21,30,40H,2,7-13,15,17H2,1H3/t21-,30-/m1/s1. The van der Waals surface area contributed by atoms with Crippen molar-refractivity contribution in [3.8, 4) is 16.9 Å². The van der Waals surface area contributed by atoms with Crippen LogP contribution >= 0.6 is 23.2 Å². The van der Waals surface area contributed by atoms with Gasteiger partial charge in [-0.05, 0) is 62.5 Å². The number of aromatic nitrogens is 4. The van der Waals surface area contributed by atoms with Gasteiger partial charge in [-0.25, -0.2) is 14.2 Å². The molecule has 0 unspecified atom stereocenters. The second kappa shape index (κ2) is 12.8. The SMILES string of the molecule is CCOC(=O)[C@@H](c1ncn2c1C[C@@H](F)C2)n1cc2c(Cl)cc(-c3ccc(OCCN4CCC(CO)CC4)cc3)c(Cl)c2n1. The van der Waals surface area contributed by atoms with Crippen molar-refractivity contribution in [3.05, 3.63) is 64.3 Å². The van der Waals surface area contributed by atoms with Crippen LogP contribution in [0.3, 0.4) is 0 Å². The number of esters is 1. The van der Waals surface area contributed by atoms with Gasteiger partial charge in [0.15, 0.2) is 6.04 Å². The molecule has 2 aromatic heterocycles. The fourth-order valence-electron chi connectivity index (χ4n) is 5.97. The van der Waals surface area contributed by atoms with Crippen molar-refractivity contribution in [2.75, 3.05) is 39.5 Å². The Morgan fingerprint density at radius 2 is 1.98 bits per heavy atom. The Bertz CT molecular complexity index is 1600. The predicted octanol–water partition coefficient (Wildman–Crippen LogP) is 5.34. The zero-order chi connectivity index (χ0) is 30.1. The molecule has 228 valence electrons. The first kappa shape index (κ1) is 29.9. The first-order valence-electron chi connectivity index (χ1n) is 14.6.